The van der Waals surface area contributed by atoms with Gasteiger partial charge in [0.2, 0.25) is 5.88 Å². The summed E-state index contributed by atoms with van der Waals surface area (Å²) < 4.78 is 21.3. The van der Waals surface area contributed by atoms with Gasteiger partial charge in [0.1, 0.15) is 17.1 Å². The SMILES string of the molecule is CCOC(=O)c1c(CCCOc2cccc3ccccc23)c2cccc3c2n1CCCCOCc1nn(C)c(O)c1-3. The highest BCUT2D eigenvalue weighted by atomic mass is 16.5. The molecule has 3 heterocycles. The van der Waals surface area contributed by atoms with Crippen molar-refractivity contribution in [1.29, 1.82) is 0 Å². The summed E-state index contributed by atoms with van der Waals surface area (Å²) in [6, 6.07) is 20.3. The maximum absolute atomic E-state index is 13.5. The summed E-state index contributed by atoms with van der Waals surface area (Å²) in [6.45, 7) is 4.14. The van der Waals surface area contributed by atoms with Crippen LogP contribution < -0.4 is 4.74 Å². The van der Waals surface area contributed by atoms with Crippen molar-refractivity contribution in [2.45, 2.75) is 45.8 Å². The van der Waals surface area contributed by atoms with Crippen LogP contribution in [0.3, 0.4) is 0 Å². The van der Waals surface area contributed by atoms with Crippen molar-refractivity contribution in [3.63, 3.8) is 0 Å². The van der Waals surface area contributed by atoms with Crippen molar-refractivity contribution in [3.05, 3.63) is 77.6 Å². The van der Waals surface area contributed by atoms with Gasteiger partial charge in [-0.1, -0.05) is 54.6 Å². The Morgan fingerprint density at radius 2 is 1.85 bits per heavy atom. The van der Waals surface area contributed by atoms with E-state index in [0.29, 0.717) is 49.7 Å². The molecule has 0 atom stereocenters. The molecule has 0 bridgehead atoms. The van der Waals surface area contributed by atoms with E-state index in [1.165, 1.54) is 4.68 Å². The van der Waals surface area contributed by atoms with Crippen LogP contribution >= 0.6 is 0 Å². The average molecular weight is 554 g/mol. The second-order valence-electron chi connectivity index (χ2n) is 10.4. The number of hydrogen-bond donors (Lipinski definition) is 1. The number of para-hydroxylation sites is 1. The lowest BCUT2D eigenvalue weighted by molar-refractivity contribution is 0.0512. The lowest BCUT2D eigenvalue weighted by Crippen LogP contribution is -2.15. The molecule has 8 heteroatoms. The van der Waals surface area contributed by atoms with Gasteiger partial charge in [0, 0.05) is 36.5 Å². The zero-order valence-electron chi connectivity index (χ0n) is 23.6. The van der Waals surface area contributed by atoms with Gasteiger partial charge in [-0.25, -0.2) is 9.48 Å². The molecule has 212 valence electrons. The first-order valence-electron chi connectivity index (χ1n) is 14.3. The minimum atomic E-state index is -0.332. The molecule has 1 aliphatic heterocycles. The van der Waals surface area contributed by atoms with Gasteiger partial charge < -0.3 is 23.9 Å². The number of carbonyl (C=O) groups excluding carboxylic acids is 1. The van der Waals surface area contributed by atoms with E-state index in [2.05, 4.69) is 33.9 Å². The molecule has 0 aliphatic carbocycles. The van der Waals surface area contributed by atoms with Crippen molar-refractivity contribution in [3.8, 4) is 22.8 Å². The lowest BCUT2D eigenvalue weighted by Gasteiger charge is -2.13. The van der Waals surface area contributed by atoms with E-state index in [1.807, 2.05) is 43.3 Å². The summed E-state index contributed by atoms with van der Waals surface area (Å²) in [5, 5.41) is 18.8. The number of hydrogen-bond acceptors (Lipinski definition) is 6. The Hall–Kier alpha value is -4.30. The summed E-state index contributed by atoms with van der Waals surface area (Å²) in [5.74, 6) is 0.599. The number of nitrogens with zero attached hydrogens (tertiary/aromatic N) is 3. The third-order valence-corrected chi connectivity index (χ3v) is 7.75. The second-order valence-corrected chi connectivity index (χ2v) is 10.4. The summed E-state index contributed by atoms with van der Waals surface area (Å²) in [6.07, 6.45) is 3.04. The Labute approximate surface area is 239 Å². The van der Waals surface area contributed by atoms with E-state index < -0.39 is 0 Å². The highest BCUT2D eigenvalue weighted by molar-refractivity contribution is 6.05. The molecule has 0 unspecified atom stereocenters. The van der Waals surface area contributed by atoms with Gasteiger partial charge >= 0.3 is 5.97 Å². The average Bonchev–Trinajstić information content (AvgIpc) is 3.44. The smallest absolute Gasteiger partial charge is 0.355 e. The highest BCUT2D eigenvalue weighted by Crippen LogP contribution is 2.41. The lowest BCUT2D eigenvalue weighted by atomic mass is 9.99. The molecule has 0 radical (unpaired) electrons. The molecule has 1 aliphatic rings. The van der Waals surface area contributed by atoms with E-state index in [4.69, 9.17) is 14.2 Å². The van der Waals surface area contributed by atoms with Gasteiger partial charge in [-0.2, -0.15) is 5.10 Å². The number of fused-ring (bicyclic) bond motifs is 3. The number of ether oxygens (including phenoxy) is 3. The fraction of sp³-hybridized carbons (Fsp3) is 0.333. The standard InChI is InChI=1S/C33H35N3O5/c1-3-40-33(38)31-25(16-10-20-41-28-17-8-12-22-11-4-5-13-23(22)28)24-14-9-15-26-29-27(34-35(2)32(29)37)21-39-19-7-6-18-36(31)30(24)26/h4-5,8-9,11-15,17,37H,3,6-7,10,16,18-21H2,1-2H3. The summed E-state index contributed by atoms with van der Waals surface area (Å²) in [4.78, 5) is 13.5. The molecule has 1 N–H and O–H groups in total. The van der Waals surface area contributed by atoms with Crippen LogP contribution in [0.1, 0.15) is 47.9 Å². The predicted molar refractivity (Wildman–Crippen MR) is 158 cm³/mol. The summed E-state index contributed by atoms with van der Waals surface area (Å²) >= 11 is 0. The maximum Gasteiger partial charge on any atom is 0.355 e. The zero-order valence-corrected chi connectivity index (χ0v) is 23.6. The second kappa shape index (κ2) is 11.7. The van der Waals surface area contributed by atoms with E-state index in [-0.39, 0.29) is 18.5 Å². The van der Waals surface area contributed by atoms with Gasteiger partial charge in [0.25, 0.3) is 0 Å². The number of rotatable bonds is 7. The first-order chi connectivity index (χ1) is 20.1. The van der Waals surface area contributed by atoms with E-state index in [0.717, 1.165) is 57.8 Å². The molecule has 2 aromatic heterocycles. The first kappa shape index (κ1) is 26.9. The number of esters is 1. The quantitative estimate of drug-likeness (QED) is 0.185. The molecular formula is C33H35N3O5. The first-order valence-corrected chi connectivity index (χ1v) is 14.3. The number of aromatic nitrogens is 3. The normalized spacial score (nSPS) is 13.6. The summed E-state index contributed by atoms with van der Waals surface area (Å²) in [7, 11) is 1.72. The van der Waals surface area contributed by atoms with Crippen LogP contribution in [0.25, 0.3) is 32.8 Å². The molecule has 5 aromatic rings. The molecular weight excluding hydrogens is 518 g/mol. The van der Waals surface area contributed by atoms with Gasteiger partial charge in [-0.05, 0) is 49.6 Å². The van der Waals surface area contributed by atoms with Gasteiger partial charge in [-0.15, -0.1) is 0 Å². The van der Waals surface area contributed by atoms with Crippen LogP contribution in [0.4, 0.5) is 0 Å². The van der Waals surface area contributed by atoms with Gasteiger partial charge in [0.05, 0.1) is 30.9 Å². The van der Waals surface area contributed by atoms with Gasteiger partial charge in [0.15, 0.2) is 0 Å². The largest absolute Gasteiger partial charge is 0.493 e. The number of benzene rings is 3. The van der Waals surface area contributed by atoms with Crippen molar-refractivity contribution in [1.82, 2.24) is 14.3 Å². The Balaban J connectivity index is 1.42. The molecule has 0 spiro atoms. The van der Waals surface area contributed by atoms with Crippen molar-refractivity contribution in [2.24, 2.45) is 7.05 Å². The van der Waals surface area contributed by atoms with E-state index in [1.54, 1.807) is 7.05 Å². The van der Waals surface area contributed by atoms with Crippen LogP contribution in [-0.2, 0) is 36.1 Å². The fourth-order valence-electron chi connectivity index (χ4n) is 5.93. The topological polar surface area (TPSA) is 87.7 Å². The van der Waals surface area contributed by atoms with Crippen molar-refractivity contribution in [2.75, 3.05) is 19.8 Å². The Morgan fingerprint density at radius 1 is 1.05 bits per heavy atom. The maximum atomic E-state index is 13.5. The van der Waals surface area contributed by atoms with Crippen molar-refractivity contribution < 1.29 is 24.1 Å². The van der Waals surface area contributed by atoms with Crippen LogP contribution in [0.2, 0.25) is 0 Å². The molecule has 0 saturated heterocycles. The Kier molecular flexibility index (Phi) is 7.65. The third kappa shape index (κ3) is 5.04. The molecule has 0 fully saturated rings. The molecule has 0 amide bonds. The highest BCUT2D eigenvalue weighted by Gasteiger charge is 2.28. The fourth-order valence-corrected chi connectivity index (χ4v) is 5.93. The molecule has 0 saturated carbocycles. The molecule has 6 rings (SSSR count). The molecule has 8 nitrogen and oxygen atoms in total. The predicted octanol–water partition coefficient (Wildman–Crippen LogP) is 6.40. The zero-order chi connectivity index (χ0) is 28.3. The minimum Gasteiger partial charge on any atom is -0.493 e. The van der Waals surface area contributed by atoms with E-state index in [9.17, 15) is 9.90 Å². The molecule has 3 aromatic carbocycles. The van der Waals surface area contributed by atoms with Crippen molar-refractivity contribution >= 4 is 27.6 Å². The Morgan fingerprint density at radius 3 is 2.73 bits per heavy atom. The van der Waals surface area contributed by atoms with Crippen LogP contribution in [0.15, 0.2) is 60.7 Å². The number of carbonyl (C=O) groups is 1. The molecule has 41 heavy (non-hydrogen) atoms. The van der Waals surface area contributed by atoms with E-state index >= 15 is 0 Å². The Bertz CT molecular complexity index is 1710. The van der Waals surface area contributed by atoms with Gasteiger partial charge in [-0.3, -0.25) is 0 Å². The summed E-state index contributed by atoms with van der Waals surface area (Å²) in [5.41, 5.74) is 4.57. The number of aromatic hydroxyl groups is 1. The third-order valence-electron chi connectivity index (χ3n) is 7.75. The van der Waals surface area contributed by atoms with Crippen LogP contribution in [-0.4, -0.2) is 45.2 Å². The van der Waals surface area contributed by atoms with Crippen LogP contribution in [0, 0.1) is 0 Å². The van der Waals surface area contributed by atoms with Crippen LogP contribution in [0.5, 0.6) is 11.6 Å². The number of aryl methyl sites for hydroxylation is 3. The minimum absolute atomic E-state index is 0.0748. The monoisotopic (exact) mass is 553 g/mol.